The Labute approximate surface area is 189 Å². The molecule has 1 heterocycles. The minimum atomic E-state index is -1.29. The first kappa shape index (κ1) is 22.9. The van der Waals surface area contributed by atoms with Gasteiger partial charge in [-0.2, -0.15) is 0 Å². The molecule has 1 atom stereocenters. The third-order valence-electron chi connectivity index (χ3n) is 6.38. The van der Waals surface area contributed by atoms with E-state index in [1.165, 1.54) is 30.3 Å². The van der Waals surface area contributed by atoms with E-state index in [9.17, 15) is 23.1 Å². The number of carbonyl (C=O) groups is 1. The first-order valence-electron chi connectivity index (χ1n) is 10.8. The molecule has 2 fully saturated rings. The minimum absolute atomic E-state index is 0.212. The zero-order chi connectivity index (χ0) is 22.8. The summed E-state index contributed by atoms with van der Waals surface area (Å²) in [6, 6.07) is 6.08. The Morgan fingerprint density at radius 1 is 1.16 bits per heavy atom. The van der Waals surface area contributed by atoms with E-state index in [2.05, 4.69) is 0 Å². The van der Waals surface area contributed by atoms with Crippen molar-refractivity contribution in [1.82, 2.24) is 4.90 Å². The standard InChI is InChI=1S/C24H25ClF3NO3/c25-20-9-16(27)3-4-17(20)22(12-26)29-7-5-14(6-8-29)13-32-23-11-21(28)19(24(30)31)10-18(23)15-1-2-15/h3-4,9-11,14-15,22H,1-2,5-8,12-13H2,(H,30,31). The van der Waals surface area contributed by atoms with Gasteiger partial charge >= 0.3 is 5.97 Å². The molecule has 0 amide bonds. The van der Waals surface area contributed by atoms with Crippen LogP contribution < -0.4 is 4.74 Å². The molecule has 1 saturated heterocycles. The lowest BCUT2D eigenvalue weighted by Gasteiger charge is -2.37. The van der Waals surface area contributed by atoms with Crippen LogP contribution in [0.15, 0.2) is 30.3 Å². The molecule has 2 aliphatic rings. The molecule has 172 valence electrons. The fourth-order valence-electron chi connectivity index (χ4n) is 4.36. The Hall–Kier alpha value is -2.25. The smallest absolute Gasteiger partial charge is 0.338 e. The Kier molecular flexibility index (Phi) is 6.96. The summed E-state index contributed by atoms with van der Waals surface area (Å²) in [5.41, 5.74) is 1.00. The fraction of sp³-hybridized carbons (Fsp3) is 0.458. The molecule has 2 aromatic carbocycles. The monoisotopic (exact) mass is 467 g/mol. The Balaban J connectivity index is 1.37. The molecule has 4 rings (SSSR count). The average Bonchev–Trinajstić information content (AvgIpc) is 3.60. The van der Waals surface area contributed by atoms with Gasteiger partial charge < -0.3 is 9.84 Å². The molecule has 1 unspecified atom stereocenters. The molecule has 0 bridgehead atoms. The molecule has 1 aliphatic carbocycles. The zero-order valence-corrected chi connectivity index (χ0v) is 18.3. The highest BCUT2D eigenvalue weighted by atomic mass is 35.5. The second-order valence-electron chi connectivity index (χ2n) is 8.58. The van der Waals surface area contributed by atoms with E-state index in [0.29, 0.717) is 31.0 Å². The first-order chi connectivity index (χ1) is 15.4. The molecule has 4 nitrogen and oxygen atoms in total. The Bertz CT molecular complexity index is 991. The maximum atomic E-state index is 14.2. The van der Waals surface area contributed by atoms with Crippen molar-refractivity contribution in [3.63, 3.8) is 0 Å². The van der Waals surface area contributed by atoms with Crippen molar-refractivity contribution in [3.05, 3.63) is 63.7 Å². The van der Waals surface area contributed by atoms with Gasteiger partial charge in [0.15, 0.2) is 0 Å². The molecule has 0 spiro atoms. The number of rotatable bonds is 8. The first-order valence-corrected chi connectivity index (χ1v) is 11.2. The summed E-state index contributed by atoms with van der Waals surface area (Å²) < 4.78 is 47.3. The van der Waals surface area contributed by atoms with Gasteiger partial charge in [-0.15, -0.1) is 0 Å². The number of likely N-dealkylation sites (tertiary alicyclic amines) is 1. The van der Waals surface area contributed by atoms with Crippen LogP contribution in [0.1, 0.15) is 59.1 Å². The largest absolute Gasteiger partial charge is 0.493 e. The van der Waals surface area contributed by atoms with Crippen LogP contribution in [0.3, 0.4) is 0 Å². The third-order valence-corrected chi connectivity index (χ3v) is 6.71. The predicted molar refractivity (Wildman–Crippen MR) is 115 cm³/mol. The molecule has 32 heavy (non-hydrogen) atoms. The molecular weight excluding hydrogens is 443 g/mol. The molecule has 0 radical (unpaired) electrons. The van der Waals surface area contributed by atoms with E-state index in [-0.39, 0.29) is 22.4 Å². The summed E-state index contributed by atoms with van der Waals surface area (Å²) in [7, 11) is 0. The lowest BCUT2D eigenvalue weighted by Crippen LogP contribution is -2.39. The van der Waals surface area contributed by atoms with Crippen LogP contribution in [0.4, 0.5) is 13.2 Å². The summed E-state index contributed by atoms with van der Waals surface area (Å²) in [6.07, 6.45) is 3.42. The van der Waals surface area contributed by atoms with Crippen LogP contribution in [0.2, 0.25) is 5.02 Å². The lowest BCUT2D eigenvalue weighted by atomic mass is 9.95. The van der Waals surface area contributed by atoms with Crippen LogP contribution in [0.25, 0.3) is 0 Å². The Morgan fingerprint density at radius 2 is 1.88 bits per heavy atom. The van der Waals surface area contributed by atoms with Crippen molar-refractivity contribution in [2.75, 3.05) is 26.4 Å². The number of aromatic carboxylic acids is 1. The molecule has 2 aromatic rings. The fourth-order valence-corrected chi connectivity index (χ4v) is 4.66. The summed E-state index contributed by atoms with van der Waals surface area (Å²) in [5.74, 6) is -1.69. The van der Waals surface area contributed by atoms with Crippen molar-refractivity contribution in [3.8, 4) is 5.75 Å². The minimum Gasteiger partial charge on any atom is -0.493 e. The van der Waals surface area contributed by atoms with Crippen molar-refractivity contribution in [1.29, 1.82) is 0 Å². The summed E-state index contributed by atoms with van der Waals surface area (Å²) >= 11 is 6.14. The SMILES string of the molecule is O=C(O)c1cc(C2CC2)c(OCC2CCN(C(CF)c3ccc(F)cc3Cl)CC2)cc1F. The second kappa shape index (κ2) is 9.71. The number of hydrogen-bond donors (Lipinski definition) is 1. The van der Waals surface area contributed by atoms with E-state index in [4.69, 9.17) is 16.3 Å². The highest BCUT2D eigenvalue weighted by Crippen LogP contribution is 2.45. The van der Waals surface area contributed by atoms with E-state index in [1.807, 2.05) is 4.90 Å². The number of hydrogen-bond acceptors (Lipinski definition) is 3. The number of carboxylic acid groups (broad SMARTS) is 1. The summed E-state index contributed by atoms with van der Waals surface area (Å²) in [6.45, 7) is 1.04. The highest BCUT2D eigenvalue weighted by Gasteiger charge is 2.31. The van der Waals surface area contributed by atoms with Crippen LogP contribution in [0.5, 0.6) is 5.75 Å². The number of halogens is 4. The van der Waals surface area contributed by atoms with Crippen LogP contribution >= 0.6 is 11.6 Å². The quantitative estimate of drug-likeness (QED) is 0.517. The van der Waals surface area contributed by atoms with E-state index >= 15 is 0 Å². The molecule has 8 heteroatoms. The number of nitrogens with zero attached hydrogens (tertiary/aromatic N) is 1. The maximum absolute atomic E-state index is 14.2. The third kappa shape index (κ3) is 5.04. The molecule has 1 aliphatic heterocycles. The Morgan fingerprint density at radius 3 is 2.47 bits per heavy atom. The van der Waals surface area contributed by atoms with Crippen LogP contribution in [-0.2, 0) is 0 Å². The number of piperidine rings is 1. The van der Waals surface area contributed by atoms with Gasteiger partial charge in [-0.3, -0.25) is 4.90 Å². The molecule has 0 aromatic heterocycles. The highest BCUT2D eigenvalue weighted by molar-refractivity contribution is 6.31. The zero-order valence-electron chi connectivity index (χ0n) is 17.5. The number of alkyl halides is 1. The van der Waals surface area contributed by atoms with Gasteiger partial charge in [0.25, 0.3) is 0 Å². The van der Waals surface area contributed by atoms with E-state index in [0.717, 1.165) is 31.2 Å². The summed E-state index contributed by atoms with van der Waals surface area (Å²) in [4.78, 5) is 13.3. The number of ether oxygens (including phenoxy) is 1. The van der Waals surface area contributed by atoms with Crippen molar-refractivity contribution >= 4 is 17.6 Å². The maximum Gasteiger partial charge on any atom is 0.338 e. The predicted octanol–water partition coefficient (Wildman–Crippen LogP) is 6.00. The van der Waals surface area contributed by atoms with E-state index in [1.54, 1.807) is 0 Å². The van der Waals surface area contributed by atoms with E-state index < -0.39 is 30.3 Å². The molecular formula is C24H25ClF3NO3. The molecule has 1 N–H and O–H groups in total. The molecule has 1 saturated carbocycles. The summed E-state index contributed by atoms with van der Waals surface area (Å²) in [5, 5.41) is 9.40. The van der Waals surface area contributed by atoms with Crippen LogP contribution in [-0.4, -0.2) is 42.3 Å². The topological polar surface area (TPSA) is 49.8 Å². The van der Waals surface area contributed by atoms with Gasteiger partial charge in [0.05, 0.1) is 18.2 Å². The van der Waals surface area contributed by atoms with Crippen molar-refractivity contribution in [2.24, 2.45) is 5.92 Å². The van der Waals surface area contributed by atoms with Gasteiger partial charge in [-0.1, -0.05) is 17.7 Å². The van der Waals surface area contributed by atoms with Crippen LogP contribution in [0, 0.1) is 17.6 Å². The number of benzene rings is 2. The lowest BCUT2D eigenvalue weighted by molar-refractivity contribution is 0.0691. The normalized spacial score (nSPS) is 18.5. The van der Waals surface area contributed by atoms with Crippen molar-refractivity contribution < 1.29 is 27.8 Å². The second-order valence-corrected chi connectivity index (χ2v) is 8.98. The number of carboxylic acids is 1. The van der Waals surface area contributed by atoms with Gasteiger partial charge in [-0.25, -0.2) is 18.0 Å². The van der Waals surface area contributed by atoms with Crippen molar-refractivity contribution in [2.45, 2.75) is 37.6 Å². The average molecular weight is 468 g/mol. The van der Waals surface area contributed by atoms with Gasteiger partial charge in [0.1, 0.15) is 24.1 Å². The van der Waals surface area contributed by atoms with Gasteiger partial charge in [-0.05, 0) is 79.9 Å². The van der Waals surface area contributed by atoms with Gasteiger partial charge in [0, 0.05) is 11.1 Å². The van der Waals surface area contributed by atoms with Gasteiger partial charge in [0.2, 0.25) is 0 Å².